The average Bonchev–Trinajstić information content (AvgIpc) is 3.71. The minimum atomic E-state index is -0.350. The SMILES string of the molecule is COC(=O)/C=C/c1ccc(C2c3ccc(-c4cnc(C)s4)cc3CC(C)N2c2ccc(C3CC3)cc2)cc1. The molecule has 1 aromatic heterocycles. The first-order valence-electron chi connectivity index (χ1n) is 13.3. The summed E-state index contributed by atoms with van der Waals surface area (Å²) in [4.78, 5) is 19.8. The summed E-state index contributed by atoms with van der Waals surface area (Å²) in [5, 5.41) is 1.09. The highest BCUT2D eigenvalue weighted by molar-refractivity contribution is 7.15. The van der Waals surface area contributed by atoms with Crippen molar-refractivity contribution in [2.24, 2.45) is 0 Å². The Bertz CT molecular complexity index is 1480. The minimum absolute atomic E-state index is 0.0939. The smallest absolute Gasteiger partial charge is 0.330 e. The molecule has 4 aromatic rings. The van der Waals surface area contributed by atoms with Crippen LogP contribution >= 0.6 is 11.3 Å². The molecule has 38 heavy (non-hydrogen) atoms. The number of carbonyl (C=O) groups excluding carboxylic acids is 1. The number of ether oxygens (including phenoxy) is 1. The monoisotopic (exact) mass is 520 g/mol. The molecule has 0 amide bonds. The van der Waals surface area contributed by atoms with Crippen LogP contribution in [-0.2, 0) is 16.0 Å². The van der Waals surface area contributed by atoms with E-state index in [-0.39, 0.29) is 12.0 Å². The number of nitrogens with zero attached hydrogens (tertiary/aromatic N) is 2. The number of methoxy groups -OCH3 is 1. The van der Waals surface area contributed by atoms with Crippen molar-refractivity contribution < 1.29 is 9.53 Å². The Balaban J connectivity index is 1.41. The summed E-state index contributed by atoms with van der Waals surface area (Å²) in [6.07, 6.45) is 8.86. The first-order chi connectivity index (χ1) is 18.5. The highest BCUT2D eigenvalue weighted by Gasteiger charge is 2.34. The fraction of sp³-hybridized carbons (Fsp3) is 0.273. The summed E-state index contributed by atoms with van der Waals surface area (Å²) < 4.78 is 4.74. The predicted octanol–water partition coefficient (Wildman–Crippen LogP) is 7.72. The van der Waals surface area contributed by atoms with E-state index in [2.05, 4.69) is 90.5 Å². The summed E-state index contributed by atoms with van der Waals surface area (Å²) in [7, 11) is 1.39. The van der Waals surface area contributed by atoms with E-state index < -0.39 is 0 Å². The fourth-order valence-electron chi connectivity index (χ4n) is 5.62. The number of benzene rings is 3. The van der Waals surface area contributed by atoms with Crippen LogP contribution in [0.25, 0.3) is 16.5 Å². The third kappa shape index (κ3) is 4.91. The second-order valence-electron chi connectivity index (χ2n) is 10.4. The molecule has 192 valence electrons. The summed E-state index contributed by atoms with van der Waals surface area (Å²) in [5.74, 6) is 0.399. The van der Waals surface area contributed by atoms with Crippen molar-refractivity contribution in [2.45, 2.75) is 51.1 Å². The first-order valence-corrected chi connectivity index (χ1v) is 14.1. The Kier molecular flexibility index (Phi) is 6.62. The number of esters is 1. The van der Waals surface area contributed by atoms with Crippen molar-refractivity contribution in [3.8, 4) is 10.4 Å². The molecule has 1 aliphatic heterocycles. The quantitative estimate of drug-likeness (QED) is 0.193. The predicted molar refractivity (Wildman–Crippen MR) is 156 cm³/mol. The van der Waals surface area contributed by atoms with Crippen LogP contribution in [0.2, 0.25) is 0 Å². The molecule has 0 radical (unpaired) electrons. The Morgan fingerprint density at radius 1 is 1.03 bits per heavy atom. The molecule has 0 spiro atoms. The molecule has 1 fully saturated rings. The van der Waals surface area contributed by atoms with Gasteiger partial charge in [0.1, 0.15) is 0 Å². The number of rotatable bonds is 6. The first kappa shape index (κ1) is 24.6. The lowest BCUT2D eigenvalue weighted by molar-refractivity contribution is -0.134. The lowest BCUT2D eigenvalue weighted by atomic mass is 9.83. The van der Waals surface area contributed by atoms with Crippen LogP contribution in [0.4, 0.5) is 5.69 Å². The topological polar surface area (TPSA) is 42.4 Å². The zero-order valence-electron chi connectivity index (χ0n) is 22.1. The molecule has 0 bridgehead atoms. The Morgan fingerprint density at radius 3 is 2.42 bits per heavy atom. The van der Waals surface area contributed by atoms with Crippen molar-refractivity contribution >= 4 is 29.1 Å². The Hall–Kier alpha value is -3.70. The highest BCUT2D eigenvalue weighted by atomic mass is 32.1. The van der Waals surface area contributed by atoms with Crippen LogP contribution < -0.4 is 4.90 Å². The van der Waals surface area contributed by atoms with Gasteiger partial charge in [0.2, 0.25) is 0 Å². The molecule has 6 rings (SSSR count). The highest BCUT2D eigenvalue weighted by Crippen LogP contribution is 2.44. The second-order valence-corrected chi connectivity index (χ2v) is 11.6. The van der Waals surface area contributed by atoms with Gasteiger partial charge in [-0.1, -0.05) is 48.5 Å². The van der Waals surface area contributed by atoms with Gasteiger partial charge in [0.15, 0.2) is 0 Å². The molecule has 2 aliphatic rings. The number of thiazole rings is 1. The van der Waals surface area contributed by atoms with Gasteiger partial charge in [0, 0.05) is 24.0 Å². The zero-order valence-corrected chi connectivity index (χ0v) is 22.9. The van der Waals surface area contributed by atoms with Gasteiger partial charge in [0.05, 0.1) is 23.0 Å². The number of anilines is 1. The van der Waals surface area contributed by atoms with Crippen LogP contribution in [0.5, 0.6) is 0 Å². The maximum Gasteiger partial charge on any atom is 0.330 e. The maximum absolute atomic E-state index is 11.6. The molecule has 5 heteroatoms. The van der Waals surface area contributed by atoms with Crippen LogP contribution in [0, 0.1) is 6.92 Å². The Morgan fingerprint density at radius 2 is 1.76 bits per heavy atom. The van der Waals surface area contributed by atoms with Gasteiger partial charge in [-0.25, -0.2) is 9.78 Å². The van der Waals surface area contributed by atoms with E-state index in [0.717, 1.165) is 22.9 Å². The van der Waals surface area contributed by atoms with E-state index in [1.54, 1.807) is 17.4 Å². The molecule has 2 heterocycles. The van der Waals surface area contributed by atoms with Crippen molar-refractivity contribution in [2.75, 3.05) is 12.0 Å². The van der Waals surface area contributed by atoms with E-state index >= 15 is 0 Å². The molecule has 2 unspecified atom stereocenters. The summed E-state index contributed by atoms with van der Waals surface area (Å²) >= 11 is 1.74. The van der Waals surface area contributed by atoms with Crippen LogP contribution in [0.1, 0.15) is 64.6 Å². The van der Waals surface area contributed by atoms with Gasteiger partial charge >= 0.3 is 5.97 Å². The largest absolute Gasteiger partial charge is 0.466 e. The van der Waals surface area contributed by atoms with Crippen LogP contribution in [0.3, 0.4) is 0 Å². The summed E-state index contributed by atoms with van der Waals surface area (Å²) in [6, 6.07) is 25.2. The number of fused-ring (bicyclic) bond motifs is 1. The number of aryl methyl sites for hydroxylation is 1. The van der Waals surface area contributed by atoms with Gasteiger partial charge in [-0.15, -0.1) is 11.3 Å². The normalized spacial score (nSPS) is 19.0. The van der Waals surface area contributed by atoms with Gasteiger partial charge in [-0.2, -0.15) is 0 Å². The lowest BCUT2D eigenvalue weighted by Gasteiger charge is -2.44. The third-order valence-electron chi connectivity index (χ3n) is 7.72. The van der Waals surface area contributed by atoms with E-state index in [1.165, 1.54) is 64.4 Å². The molecule has 0 N–H and O–H groups in total. The van der Waals surface area contributed by atoms with Gasteiger partial charge in [-0.05, 0) is 96.7 Å². The number of hydrogen-bond acceptors (Lipinski definition) is 5. The van der Waals surface area contributed by atoms with Crippen molar-refractivity contribution in [3.05, 3.63) is 112 Å². The molecule has 2 atom stereocenters. The summed E-state index contributed by atoms with van der Waals surface area (Å²) in [5.41, 5.74) is 8.91. The van der Waals surface area contributed by atoms with Crippen molar-refractivity contribution in [1.29, 1.82) is 0 Å². The molecular formula is C33H32N2O2S. The van der Waals surface area contributed by atoms with Crippen molar-refractivity contribution in [3.63, 3.8) is 0 Å². The van der Waals surface area contributed by atoms with E-state index in [9.17, 15) is 4.79 Å². The third-order valence-corrected chi connectivity index (χ3v) is 8.68. The lowest BCUT2D eigenvalue weighted by Crippen LogP contribution is -2.42. The van der Waals surface area contributed by atoms with Gasteiger partial charge in [0.25, 0.3) is 0 Å². The van der Waals surface area contributed by atoms with E-state index in [0.29, 0.717) is 6.04 Å². The number of hydrogen-bond donors (Lipinski definition) is 0. The standard InChI is InChI=1S/C33H32N2O2S/c1-21-18-28-19-27(31-20-34-22(2)38-31)13-16-30(28)33(26-7-4-23(5-8-26)6-17-32(36)37-3)35(21)29-14-11-25(12-15-29)24-9-10-24/h4-8,11-17,19-21,24,33H,9-10,18H2,1-3H3/b17-6+. The zero-order chi connectivity index (χ0) is 26.2. The Labute approximate surface area is 228 Å². The molecule has 3 aromatic carbocycles. The molecule has 1 aliphatic carbocycles. The van der Waals surface area contributed by atoms with Crippen LogP contribution in [-0.4, -0.2) is 24.1 Å². The number of carbonyl (C=O) groups is 1. The van der Waals surface area contributed by atoms with E-state index in [4.69, 9.17) is 4.74 Å². The van der Waals surface area contributed by atoms with Gasteiger partial charge < -0.3 is 9.64 Å². The molecular weight excluding hydrogens is 488 g/mol. The number of aromatic nitrogens is 1. The maximum atomic E-state index is 11.6. The fourth-order valence-corrected chi connectivity index (χ4v) is 6.39. The summed E-state index contributed by atoms with van der Waals surface area (Å²) in [6.45, 7) is 4.39. The van der Waals surface area contributed by atoms with E-state index in [1.807, 2.05) is 6.20 Å². The average molecular weight is 521 g/mol. The van der Waals surface area contributed by atoms with Gasteiger partial charge in [-0.3, -0.25) is 0 Å². The minimum Gasteiger partial charge on any atom is -0.466 e. The van der Waals surface area contributed by atoms with Crippen LogP contribution in [0.15, 0.2) is 79.0 Å². The second kappa shape index (κ2) is 10.2. The molecule has 0 saturated heterocycles. The molecule has 1 saturated carbocycles. The molecule has 4 nitrogen and oxygen atoms in total. The van der Waals surface area contributed by atoms with Crippen molar-refractivity contribution in [1.82, 2.24) is 4.98 Å².